The zero-order chi connectivity index (χ0) is 17.5. The van der Waals surface area contributed by atoms with Gasteiger partial charge in [-0.3, -0.25) is 9.78 Å². The Kier molecular flexibility index (Phi) is 6.04. The maximum absolute atomic E-state index is 12.7. The molecule has 0 aliphatic carbocycles. The Morgan fingerprint density at radius 1 is 1.16 bits per heavy atom. The molecule has 1 saturated heterocycles. The molecule has 1 aromatic heterocycles. The van der Waals surface area contributed by atoms with Crippen LogP contribution in [0.3, 0.4) is 0 Å². The fourth-order valence-corrected chi connectivity index (χ4v) is 3.38. The van der Waals surface area contributed by atoms with E-state index < -0.39 is 0 Å². The molecule has 2 heterocycles. The Labute approximate surface area is 149 Å². The van der Waals surface area contributed by atoms with Crippen molar-refractivity contribution in [3.8, 4) is 5.75 Å². The highest BCUT2D eigenvalue weighted by atomic mass is 16.5. The summed E-state index contributed by atoms with van der Waals surface area (Å²) < 4.78 is 5.76. The molecule has 0 spiro atoms. The van der Waals surface area contributed by atoms with Crippen LogP contribution >= 0.6 is 0 Å². The number of ether oxygens (including phenoxy) is 1. The molecule has 1 atom stereocenters. The zero-order valence-corrected chi connectivity index (χ0v) is 14.8. The summed E-state index contributed by atoms with van der Waals surface area (Å²) in [6.45, 7) is 4.45. The Morgan fingerprint density at radius 3 is 2.52 bits per heavy atom. The van der Waals surface area contributed by atoms with Gasteiger partial charge in [-0.05, 0) is 49.8 Å². The lowest BCUT2D eigenvalue weighted by molar-refractivity contribution is -0.133. The Hall–Kier alpha value is -2.36. The van der Waals surface area contributed by atoms with Gasteiger partial charge in [0.15, 0.2) is 0 Å². The minimum atomic E-state index is -0.0622. The fraction of sp³-hybridized carbons (Fsp3) is 0.429. The van der Waals surface area contributed by atoms with Crippen LogP contribution in [0.4, 0.5) is 0 Å². The van der Waals surface area contributed by atoms with Crippen molar-refractivity contribution in [1.82, 2.24) is 9.88 Å². The molecule has 132 valence electrons. The van der Waals surface area contributed by atoms with E-state index in [1.807, 2.05) is 54.3 Å². The highest BCUT2D eigenvalue weighted by Crippen LogP contribution is 2.25. The van der Waals surface area contributed by atoms with E-state index in [1.165, 1.54) is 0 Å². The molecule has 0 bridgehead atoms. The van der Waals surface area contributed by atoms with E-state index in [-0.39, 0.29) is 11.8 Å². The predicted octanol–water partition coefficient (Wildman–Crippen LogP) is 3.89. The lowest BCUT2D eigenvalue weighted by atomic mass is 9.92. The van der Waals surface area contributed by atoms with Crippen LogP contribution < -0.4 is 4.74 Å². The molecule has 4 nitrogen and oxygen atoms in total. The third-order valence-electron chi connectivity index (χ3n) is 5.04. The normalized spacial score (nSPS) is 16.4. The van der Waals surface area contributed by atoms with Crippen molar-refractivity contribution in [3.63, 3.8) is 0 Å². The Balaban J connectivity index is 1.41. The van der Waals surface area contributed by atoms with Crippen molar-refractivity contribution >= 4 is 5.91 Å². The van der Waals surface area contributed by atoms with Crippen LogP contribution in [0.5, 0.6) is 5.75 Å². The molecule has 0 saturated carbocycles. The van der Waals surface area contributed by atoms with Gasteiger partial charge in [-0.2, -0.15) is 0 Å². The van der Waals surface area contributed by atoms with Crippen LogP contribution in [0.1, 0.15) is 37.7 Å². The van der Waals surface area contributed by atoms with Crippen LogP contribution in [-0.4, -0.2) is 35.5 Å². The van der Waals surface area contributed by atoms with Crippen LogP contribution in [0.15, 0.2) is 54.9 Å². The lowest BCUT2D eigenvalue weighted by Gasteiger charge is -2.33. The minimum absolute atomic E-state index is 0.0622. The first-order chi connectivity index (χ1) is 12.2. The number of nitrogens with zero attached hydrogens (tertiary/aromatic N) is 2. The maximum Gasteiger partial charge on any atom is 0.229 e. The molecule has 0 N–H and O–H groups in total. The van der Waals surface area contributed by atoms with Gasteiger partial charge in [0.1, 0.15) is 5.75 Å². The summed E-state index contributed by atoms with van der Waals surface area (Å²) >= 11 is 0. The summed E-state index contributed by atoms with van der Waals surface area (Å²) in [5, 5.41) is 0. The zero-order valence-electron chi connectivity index (χ0n) is 14.8. The monoisotopic (exact) mass is 338 g/mol. The molecule has 1 fully saturated rings. The molecule has 2 aromatic rings. The van der Waals surface area contributed by atoms with Gasteiger partial charge in [0, 0.05) is 25.5 Å². The van der Waals surface area contributed by atoms with Crippen molar-refractivity contribution < 1.29 is 9.53 Å². The maximum atomic E-state index is 12.7. The van der Waals surface area contributed by atoms with Crippen molar-refractivity contribution in [3.05, 3.63) is 60.4 Å². The molecule has 0 radical (unpaired) electrons. The number of hydrogen-bond acceptors (Lipinski definition) is 3. The van der Waals surface area contributed by atoms with E-state index in [9.17, 15) is 4.79 Å². The van der Waals surface area contributed by atoms with Gasteiger partial charge in [-0.25, -0.2) is 0 Å². The van der Waals surface area contributed by atoms with Gasteiger partial charge >= 0.3 is 0 Å². The number of aromatic nitrogens is 1. The predicted molar refractivity (Wildman–Crippen MR) is 98.5 cm³/mol. The first-order valence-electron chi connectivity index (χ1n) is 9.10. The summed E-state index contributed by atoms with van der Waals surface area (Å²) in [4.78, 5) is 18.7. The third kappa shape index (κ3) is 4.81. The molecule has 4 heteroatoms. The molecule has 3 rings (SSSR count). The van der Waals surface area contributed by atoms with Gasteiger partial charge < -0.3 is 9.64 Å². The second-order valence-electron chi connectivity index (χ2n) is 6.72. The van der Waals surface area contributed by atoms with Gasteiger partial charge in [-0.15, -0.1) is 0 Å². The quantitative estimate of drug-likeness (QED) is 0.802. The van der Waals surface area contributed by atoms with Gasteiger partial charge in [0.25, 0.3) is 0 Å². The summed E-state index contributed by atoms with van der Waals surface area (Å²) in [5.41, 5.74) is 1.10. The molecule has 1 aliphatic rings. The van der Waals surface area contributed by atoms with Crippen LogP contribution in [0, 0.1) is 5.92 Å². The second kappa shape index (κ2) is 8.65. The number of hydrogen-bond donors (Lipinski definition) is 0. The van der Waals surface area contributed by atoms with E-state index in [1.54, 1.807) is 12.4 Å². The number of amides is 1. The number of carbonyl (C=O) groups is 1. The van der Waals surface area contributed by atoms with E-state index in [2.05, 4.69) is 4.98 Å². The first-order valence-corrected chi connectivity index (χ1v) is 9.10. The van der Waals surface area contributed by atoms with E-state index in [0.29, 0.717) is 5.92 Å². The van der Waals surface area contributed by atoms with Crippen molar-refractivity contribution in [2.24, 2.45) is 5.92 Å². The molecule has 1 amide bonds. The van der Waals surface area contributed by atoms with Gasteiger partial charge in [0.05, 0.1) is 12.5 Å². The highest BCUT2D eigenvalue weighted by molar-refractivity contribution is 5.83. The van der Waals surface area contributed by atoms with Crippen LogP contribution in [0.2, 0.25) is 0 Å². The smallest absolute Gasteiger partial charge is 0.229 e. The first kappa shape index (κ1) is 17.5. The van der Waals surface area contributed by atoms with Crippen molar-refractivity contribution in [1.29, 1.82) is 0 Å². The number of rotatable bonds is 6. The Bertz CT molecular complexity index is 652. The topological polar surface area (TPSA) is 42.4 Å². The highest BCUT2D eigenvalue weighted by Gasteiger charge is 2.26. The molecular weight excluding hydrogens is 312 g/mol. The van der Waals surface area contributed by atoms with Crippen molar-refractivity contribution in [2.45, 2.75) is 32.1 Å². The average molecular weight is 338 g/mol. The fourth-order valence-electron chi connectivity index (χ4n) is 3.38. The molecular formula is C21H26N2O2. The molecule has 1 aromatic carbocycles. The number of likely N-dealkylation sites (tertiary alicyclic amines) is 1. The molecule has 1 aliphatic heterocycles. The number of benzene rings is 1. The van der Waals surface area contributed by atoms with Gasteiger partial charge in [0.2, 0.25) is 5.91 Å². The van der Waals surface area contributed by atoms with Crippen molar-refractivity contribution in [2.75, 3.05) is 19.7 Å². The van der Waals surface area contributed by atoms with Crippen LogP contribution in [-0.2, 0) is 4.79 Å². The summed E-state index contributed by atoms with van der Waals surface area (Å²) in [7, 11) is 0. The summed E-state index contributed by atoms with van der Waals surface area (Å²) in [6.07, 6.45) is 6.65. The second-order valence-corrected chi connectivity index (χ2v) is 6.72. The molecule has 1 unspecified atom stereocenters. The van der Waals surface area contributed by atoms with Crippen LogP contribution in [0.25, 0.3) is 0 Å². The number of carbonyl (C=O) groups excluding carboxylic acids is 1. The van der Waals surface area contributed by atoms with E-state index in [4.69, 9.17) is 4.74 Å². The number of pyridine rings is 1. The summed E-state index contributed by atoms with van der Waals surface area (Å²) in [5.74, 6) is 1.70. The largest absolute Gasteiger partial charge is 0.493 e. The number of piperidine rings is 1. The SMILES string of the molecule is CC(C(=O)N1CCC(CCOc2ccncc2)CC1)c1ccccc1. The Morgan fingerprint density at radius 2 is 1.84 bits per heavy atom. The third-order valence-corrected chi connectivity index (χ3v) is 5.04. The lowest BCUT2D eigenvalue weighted by Crippen LogP contribution is -2.40. The molecule has 25 heavy (non-hydrogen) atoms. The standard InChI is InChI=1S/C21H26N2O2/c1-17(19-5-3-2-4-6-19)21(24)23-14-9-18(10-15-23)11-16-25-20-7-12-22-13-8-20/h2-8,12-13,17-18H,9-11,14-16H2,1H3. The average Bonchev–Trinajstić information content (AvgIpc) is 2.69. The van der Waals surface area contributed by atoms with Gasteiger partial charge in [-0.1, -0.05) is 30.3 Å². The van der Waals surface area contributed by atoms with E-state index >= 15 is 0 Å². The van der Waals surface area contributed by atoms with E-state index in [0.717, 1.165) is 50.3 Å². The summed E-state index contributed by atoms with van der Waals surface area (Å²) in [6, 6.07) is 13.8. The minimum Gasteiger partial charge on any atom is -0.493 e.